The van der Waals surface area contributed by atoms with E-state index >= 15 is 0 Å². The number of Topliss-reactive ketones (excluding diaryl/α,β-unsaturated/α-hetero) is 1. The molecule has 3 heteroatoms. The Morgan fingerprint density at radius 1 is 1.35 bits per heavy atom. The molecule has 1 amide bonds. The Labute approximate surface area is 101 Å². The van der Waals surface area contributed by atoms with E-state index in [0.717, 1.165) is 18.4 Å². The summed E-state index contributed by atoms with van der Waals surface area (Å²) in [5, 5.41) is 2.80. The molecule has 1 aromatic carbocycles. The Morgan fingerprint density at radius 3 is 2.65 bits per heavy atom. The normalized spacial score (nSPS) is 19.4. The summed E-state index contributed by atoms with van der Waals surface area (Å²) in [5.41, 5.74) is 2.17. The van der Waals surface area contributed by atoms with Crippen molar-refractivity contribution >= 4 is 11.7 Å². The molecule has 0 bridgehead atoms. The summed E-state index contributed by atoms with van der Waals surface area (Å²) < 4.78 is 0. The van der Waals surface area contributed by atoms with Gasteiger partial charge in [-0.1, -0.05) is 29.8 Å². The SMILES string of the molecule is Cc1ccc(CC(=O)N[C@@H]2CCCC2=O)cc1. The number of ketones is 1. The number of carbonyl (C=O) groups excluding carboxylic acids is 2. The van der Waals surface area contributed by atoms with E-state index in [1.807, 2.05) is 31.2 Å². The van der Waals surface area contributed by atoms with Crippen molar-refractivity contribution in [2.75, 3.05) is 0 Å². The van der Waals surface area contributed by atoms with Gasteiger partial charge in [-0.3, -0.25) is 9.59 Å². The van der Waals surface area contributed by atoms with Crippen LogP contribution < -0.4 is 5.32 Å². The highest BCUT2D eigenvalue weighted by Gasteiger charge is 2.25. The van der Waals surface area contributed by atoms with Crippen LogP contribution in [0.25, 0.3) is 0 Å². The van der Waals surface area contributed by atoms with Crippen molar-refractivity contribution in [2.24, 2.45) is 0 Å². The summed E-state index contributed by atoms with van der Waals surface area (Å²) in [6.45, 7) is 2.01. The van der Waals surface area contributed by atoms with E-state index in [4.69, 9.17) is 0 Å². The number of hydrogen-bond acceptors (Lipinski definition) is 2. The fraction of sp³-hybridized carbons (Fsp3) is 0.429. The van der Waals surface area contributed by atoms with Gasteiger partial charge >= 0.3 is 0 Å². The fourth-order valence-electron chi connectivity index (χ4n) is 2.10. The summed E-state index contributed by atoms with van der Waals surface area (Å²) in [4.78, 5) is 23.1. The summed E-state index contributed by atoms with van der Waals surface area (Å²) in [5.74, 6) is 0.108. The quantitative estimate of drug-likeness (QED) is 0.861. The molecule has 0 aliphatic heterocycles. The zero-order chi connectivity index (χ0) is 12.3. The molecule has 0 saturated heterocycles. The van der Waals surface area contributed by atoms with Crippen molar-refractivity contribution in [3.63, 3.8) is 0 Å². The molecule has 0 heterocycles. The maximum absolute atomic E-state index is 11.7. The van der Waals surface area contributed by atoms with Crippen LogP contribution >= 0.6 is 0 Å². The molecule has 17 heavy (non-hydrogen) atoms. The minimum Gasteiger partial charge on any atom is -0.346 e. The Morgan fingerprint density at radius 2 is 2.06 bits per heavy atom. The highest BCUT2D eigenvalue weighted by atomic mass is 16.2. The average molecular weight is 231 g/mol. The predicted molar refractivity (Wildman–Crippen MR) is 65.7 cm³/mol. The van der Waals surface area contributed by atoms with Crippen molar-refractivity contribution in [1.29, 1.82) is 0 Å². The zero-order valence-electron chi connectivity index (χ0n) is 10.0. The number of amides is 1. The summed E-state index contributed by atoms with van der Waals surface area (Å²) in [6, 6.07) is 7.64. The molecule has 0 radical (unpaired) electrons. The van der Waals surface area contributed by atoms with Crippen molar-refractivity contribution in [3.05, 3.63) is 35.4 Å². The first kappa shape index (κ1) is 11.8. The number of aryl methyl sites for hydroxylation is 1. The van der Waals surface area contributed by atoms with Gasteiger partial charge in [-0.25, -0.2) is 0 Å². The number of benzene rings is 1. The van der Waals surface area contributed by atoms with Gasteiger partial charge in [0.05, 0.1) is 12.5 Å². The van der Waals surface area contributed by atoms with E-state index in [0.29, 0.717) is 12.8 Å². The van der Waals surface area contributed by atoms with Gasteiger partial charge < -0.3 is 5.32 Å². The molecule has 2 rings (SSSR count). The van der Waals surface area contributed by atoms with Crippen LogP contribution in [0.2, 0.25) is 0 Å². The van der Waals surface area contributed by atoms with Crippen LogP contribution in [0.3, 0.4) is 0 Å². The predicted octanol–water partition coefficient (Wildman–Crippen LogP) is 1.78. The van der Waals surface area contributed by atoms with Gasteiger partial charge in [0.2, 0.25) is 5.91 Å². The van der Waals surface area contributed by atoms with Crippen molar-refractivity contribution in [1.82, 2.24) is 5.32 Å². The molecular formula is C14H17NO2. The lowest BCUT2D eigenvalue weighted by Crippen LogP contribution is -2.38. The van der Waals surface area contributed by atoms with Gasteiger partial charge in [0.1, 0.15) is 0 Å². The number of carbonyl (C=O) groups is 2. The van der Waals surface area contributed by atoms with Gasteiger partial charge in [0.25, 0.3) is 0 Å². The number of hydrogen-bond donors (Lipinski definition) is 1. The summed E-state index contributed by atoms with van der Waals surface area (Å²) in [7, 11) is 0. The molecule has 90 valence electrons. The number of rotatable bonds is 3. The molecule has 1 atom stereocenters. The summed E-state index contributed by atoms with van der Waals surface area (Å²) >= 11 is 0. The molecule has 0 aromatic heterocycles. The molecule has 1 saturated carbocycles. The molecule has 1 aromatic rings. The molecule has 1 aliphatic carbocycles. The number of nitrogens with one attached hydrogen (secondary N) is 1. The fourth-order valence-corrected chi connectivity index (χ4v) is 2.10. The molecule has 3 nitrogen and oxygen atoms in total. The lowest BCUT2D eigenvalue weighted by Gasteiger charge is -2.10. The summed E-state index contributed by atoms with van der Waals surface area (Å²) in [6.07, 6.45) is 2.65. The average Bonchev–Trinajstić information content (AvgIpc) is 2.68. The smallest absolute Gasteiger partial charge is 0.224 e. The lowest BCUT2D eigenvalue weighted by molar-refractivity contribution is -0.126. The third-order valence-electron chi connectivity index (χ3n) is 3.13. The lowest BCUT2D eigenvalue weighted by atomic mass is 10.1. The Hall–Kier alpha value is -1.64. The first-order chi connectivity index (χ1) is 8.15. The maximum atomic E-state index is 11.7. The van der Waals surface area contributed by atoms with Gasteiger partial charge in [0.15, 0.2) is 5.78 Å². The molecule has 1 aliphatic rings. The van der Waals surface area contributed by atoms with E-state index in [2.05, 4.69) is 5.32 Å². The zero-order valence-corrected chi connectivity index (χ0v) is 10.0. The van der Waals surface area contributed by atoms with Crippen molar-refractivity contribution in [2.45, 2.75) is 38.6 Å². The molecule has 0 unspecified atom stereocenters. The van der Waals surface area contributed by atoms with Crippen LogP contribution in [0.5, 0.6) is 0 Å². The van der Waals surface area contributed by atoms with E-state index in [1.54, 1.807) is 0 Å². The van der Waals surface area contributed by atoms with E-state index < -0.39 is 0 Å². The second kappa shape index (κ2) is 5.13. The van der Waals surface area contributed by atoms with Crippen molar-refractivity contribution < 1.29 is 9.59 Å². The van der Waals surface area contributed by atoms with E-state index in [1.165, 1.54) is 5.56 Å². The minimum absolute atomic E-state index is 0.0610. The van der Waals surface area contributed by atoms with Crippen LogP contribution in [0.4, 0.5) is 0 Å². The van der Waals surface area contributed by atoms with Gasteiger partial charge in [-0.2, -0.15) is 0 Å². The van der Waals surface area contributed by atoms with Crippen LogP contribution in [-0.4, -0.2) is 17.7 Å². The first-order valence-electron chi connectivity index (χ1n) is 6.03. The Balaban J connectivity index is 1.88. The van der Waals surface area contributed by atoms with Crippen LogP contribution in [0, 0.1) is 6.92 Å². The maximum Gasteiger partial charge on any atom is 0.224 e. The highest BCUT2D eigenvalue weighted by Crippen LogP contribution is 2.14. The Kier molecular flexibility index (Phi) is 3.57. The van der Waals surface area contributed by atoms with Crippen LogP contribution in [0.15, 0.2) is 24.3 Å². The minimum atomic E-state index is -0.243. The van der Waals surface area contributed by atoms with Crippen LogP contribution in [-0.2, 0) is 16.0 Å². The second-order valence-electron chi connectivity index (χ2n) is 4.64. The Bertz CT molecular complexity index is 422. The third-order valence-corrected chi connectivity index (χ3v) is 3.13. The van der Waals surface area contributed by atoms with Gasteiger partial charge in [-0.05, 0) is 25.3 Å². The highest BCUT2D eigenvalue weighted by molar-refractivity contribution is 5.91. The largest absolute Gasteiger partial charge is 0.346 e. The standard InChI is InChI=1S/C14H17NO2/c1-10-5-7-11(8-6-10)9-14(17)15-12-3-2-4-13(12)16/h5-8,12H,2-4,9H2,1H3,(H,15,17)/t12-/m1/s1. The molecule has 1 fully saturated rings. The van der Waals surface area contributed by atoms with Gasteiger partial charge in [0, 0.05) is 6.42 Å². The van der Waals surface area contributed by atoms with Gasteiger partial charge in [-0.15, -0.1) is 0 Å². The second-order valence-corrected chi connectivity index (χ2v) is 4.64. The molecule has 0 spiro atoms. The monoisotopic (exact) mass is 231 g/mol. The van der Waals surface area contributed by atoms with Crippen LogP contribution in [0.1, 0.15) is 30.4 Å². The van der Waals surface area contributed by atoms with E-state index in [9.17, 15) is 9.59 Å². The van der Waals surface area contributed by atoms with E-state index in [-0.39, 0.29) is 17.7 Å². The molecular weight excluding hydrogens is 214 g/mol. The first-order valence-corrected chi connectivity index (χ1v) is 6.03. The van der Waals surface area contributed by atoms with Crippen molar-refractivity contribution in [3.8, 4) is 0 Å². The topological polar surface area (TPSA) is 46.2 Å². The third kappa shape index (κ3) is 3.16. The molecule has 1 N–H and O–H groups in total.